The highest BCUT2D eigenvalue weighted by Crippen LogP contribution is 2.39. The van der Waals surface area contributed by atoms with Crippen LogP contribution in [0, 0.1) is 0 Å². The summed E-state index contributed by atoms with van der Waals surface area (Å²) in [4.78, 5) is 42.3. The van der Waals surface area contributed by atoms with E-state index in [1.165, 1.54) is 0 Å². The number of nitrogens with one attached hydrogen (secondary N) is 2. The number of amides is 2. The Morgan fingerprint density at radius 2 is 1.67 bits per heavy atom. The Bertz CT molecular complexity index is 1390. The second-order valence-corrected chi connectivity index (χ2v) is 10.4. The van der Waals surface area contributed by atoms with Gasteiger partial charge < -0.3 is 10.1 Å². The van der Waals surface area contributed by atoms with Crippen molar-refractivity contribution < 1.29 is 32.3 Å². The number of hydrogen-bond donors (Lipinski definition) is 2. The van der Waals surface area contributed by atoms with Crippen LogP contribution in [0.1, 0.15) is 67.6 Å². The summed E-state index contributed by atoms with van der Waals surface area (Å²) >= 11 is 0. The molecule has 2 aromatic carbocycles. The molecule has 1 aromatic heterocycles. The highest BCUT2D eigenvalue weighted by Gasteiger charge is 2.32. The van der Waals surface area contributed by atoms with E-state index in [9.17, 15) is 27.6 Å². The molecule has 0 unspecified atom stereocenters. The molecule has 2 amide bonds. The van der Waals surface area contributed by atoms with Crippen LogP contribution in [0.25, 0.3) is 11.1 Å². The van der Waals surface area contributed by atoms with Crippen LogP contribution in [0.4, 0.5) is 29.3 Å². The molecule has 10 heteroatoms. The first kappa shape index (κ1) is 27.8. The van der Waals surface area contributed by atoms with E-state index < -0.39 is 41.5 Å². The Balaban J connectivity index is 1.48. The number of benzene rings is 2. The van der Waals surface area contributed by atoms with Crippen LogP contribution >= 0.6 is 0 Å². The quantitative estimate of drug-likeness (QED) is 0.244. The molecule has 2 N–H and O–H groups in total. The van der Waals surface area contributed by atoms with Gasteiger partial charge in [0.25, 0.3) is 0 Å². The number of ether oxygens (including phenoxy) is 1. The van der Waals surface area contributed by atoms with Gasteiger partial charge >= 0.3 is 12.3 Å². The predicted octanol–water partition coefficient (Wildman–Crippen LogP) is 7.20. The molecule has 0 aliphatic heterocycles. The number of aromatic nitrogens is 1. The van der Waals surface area contributed by atoms with Crippen LogP contribution in [-0.4, -0.2) is 28.4 Å². The maximum atomic E-state index is 13.3. The second-order valence-electron chi connectivity index (χ2n) is 10.4. The molecule has 0 radical (unpaired) electrons. The lowest BCUT2D eigenvalue weighted by Gasteiger charge is -2.21. The zero-order valence-corrected chi connectivity index (χ0v) is 21.7. The lowest BCUT2D eigenvalue weighted by Crippen LogP contribution is -2.28. The van der Waals surface area contributed by atoms with Crippen molar-refractivity contribution in [1.29, 1.82) is 0 Å². The van der Waals surface area contributed by atoms with Gasteiger partial charge in [-0.2, -0.15) is 13.2 Å². The number of rotatable bonds is 7. The topological polar surface area (TPSA) is 97.4 Å². The van der Waals surface area contributed by atoms with Gasteiger partial charge in [-0.1, -0.05) is 24.3 Å². The number of nitrogens with zero attached hydrogens (tertiary/aromatic N) is 1. The number of hydrogen-bond acceptors (Lipinski definition) is 5. The molecular formula is C29H28F3N3O4. The Hall–Kier alpha value is -4.21. The van der Waals surface area contributed by atoms with Gasteiger partial charge in [-0.15, -0.1) is 0 Å². The molecule has 1 aliphatic carbocycles. The summed E-state index contributed by atoms with van der Waals surface area (Å²) in [6, 6.07) is 13.1. The minimum Gasteiger partial charge on any atom is -0.444 e. The number of alkyl halides is 3. The third kappa shape index (κ3) is 7.66. The van der Waals surface area contributed by atoms with E-state index in [-0.39, 0.29) is 16.9 Å². The van der Waals surface area contributed by atoms with Crippen molar-refractivity contribution in [2.24, 2.45) is 0 Å². The Morgan fingerprint density at radius 3 is 2.28 bits per heavy atom. The Kier molecular flexibility index (Phi) is 7.76. The van der Waals surface area contributed by atoms with E-state index in [1.54, 1.807) is 45.2 Å². The first-order chi connectivity index (χ1) is 18.3. The molecule has 0 atom stereocenters. The third-order valence-electron chi connectivity index (χ3n) is 5.88. The van der Waals surface area contributed by atoms with Gasteiger partial charge in [0.15, 0.2) is 5.78 Å². The van der Waals surface area contributed by atoms with Crippen molar-refractivity contribution in [2.45, 2.75) is 57.7 Å². The summed E-state index contributed by atoms with van der Waals surface area (Å²) in [5.41, 5.74) is 0.565. The van der Waals surface area contributed by atoms with E-state index in [4.69, 9.17) is 4.74 Å². The molecule has 0 bridgehead atoms. The van der Waals surface area contributed by atoms with Crippen LogP contribution in [0.15, 0.2) is 60.8 Å². The fraction of sp³-hybridized carbons (Fsp3) is 0.310. The van der Waals surface area contributed by atoms with Gasteiger partial charge in [-0.05, 0) is 69.5 Å². The monoisotopic (exact) mass is 539 g/mol. The molecule has 7 nitrogen and oxygen atoms in total. The standard InChI is InChI=1S/C29H28F3N3O4/c1-28(2,3)39-27(38)35-23-12-10-21(29(30,31)32)14-24(23)34-26(37)15-25(36)19-6-4-5-18(13-19)20-9-11-22(33-16-20)17-7-8-17/h4-6,9-14,16-17H,7-8,15H2,1-3H3,(H,34,37)(H,35,38). The van der Waals surface area contributed by atoms with E-state index in [1.807, 2.05) is 18.2 Å². The number of pyridine rings is 1. The van der Waals surface area contributed by atoms with Crippen molar-refractivity contribution in [3.63, 3.8) is 0 Å². The fourth-order valence-electron chi connectivity index (χ4n) is 3.86. The summed E-state index contributed by atoms with van der Waals surface area (Å²) in [5.74, 6) is -0.847. The average Bonchev–Trinajstić information content (AvgIpc) is 3.69. The molecule has 4 rings (SSSR count). The van der Waals surface area contributed by atoms with Gasteiger partial charge in [-0.3, -0.25) is 19.9 Å². The van der Waals surface area contributed by atoms with Crippen molar-refractivity contribution in [2.75, 3.05) is 10.6 Å². The maximum Gasteiger partial charge on any atom is 0.416 e. The predicted molar refractivity (Wildman–Crippen MR) is 141 cm³/mol. The molecule has 1 heterocycles. The number of ketones is 1. The SMILES string of the molecule is CC(C)(C)OC(=O)Nc1ccc(C(F)(F)F)cc1NC(=O)CC(=O)c1cccc(-c2ccc(C3CC3)nc2)c1. The lowest BCUT2D eigenvalue weighted by atomic mass is 10.0. The molecule has 3 aromatic rings. The minimum absolute atomic E-state index is 0.109. The summed E-state index contributed by atoms with van der Waals surface area (Å²) in [6.07, 6.45) is -2.20. The van der Waals surface area contributed by atoms with Crippen molar-refractivity contribution in [1.82, 2.24) is 4.98 Å². The molecular weight excluding hydrogens is 511 g/mol. The van der Waals surface area contributed by atoms with E-state index in [0.29, 0.717) is 12.0 Å². The molecule has 1 aliphatic rings. The fourth-order valence-corrected chi connectivity index (χ4v) is 3.86. The van der Waals surface area contributed by atoms with E-state index >= 15 is 0 Å². The molecule has 39 heavy (non-hydrogen) atoms. The van der Waals surface area contributed by atoms with Gasteiger partial charge in [0.1, 0.15) is 5.60 Å². The lowest BCUT2D eigenvalue weighted by molar-refractivity contribution is -0.137. The van der Waals surface area contributed by atoms with Crippen LogP contribution in [0.5, 0.6) is 0 Å². The maximum absolute atomic E-state index is 13.3. The number of anilines is 2. The van der Waals surface area contributed by atoms with Crippen molar-refractivity contribution >= 4 is 29.2 Å². The zero-order valence-electron chi connectivity index (χ0n) is 21.7. The van der Waals surface area contributed by atoms with Crippen molar-refractivity contribution in [3.05, 3.63) is 77.6 Å². The third-order valence-corrected chi connectivity index (χ3v) is 5.88. The summed E-state index contributed by atoms with van der Waals surface area (Å²) < 4.78 is 45.1. The largest absolute Gasteiger partial charge is 0.444 e. The molecule has 0 saturated heterocycles. The van der Waals surface area contributed by atoms with Crippen molar-refractivity contribution in [3.8, 4) is 11.1 Å². The number of halogens is 3. The van der Waals surface area contributed by atoms with Gasteiger partial charge in [0, 0.05) is 28.9 Å². The molecule has 1 saturated carbocycles. The van der Waals surface area contributed by atoms with Crippen LogP contribution in [0.2, 0.25) is 0 Å². The summed E-state index contributed by atoms with van der Waals surface area (Å²) in [7, 11) is 0. The van der Waals surface area contributed by atoms with Gasteiger partial charge in [0.05, 0.1) is 23.4 Å². The smallest absolute Gasteiger partial charge is 0.416 e. The van der Waals surface area contributed by atoms with Crippen LogP contribution < -0.4 is 10.6 Å². The average molecular weight is 540 g/mol. The van der Waals surface area contributed by atoms with Crippen LogP contribution in [0.3, 0.4) is 0 Å². The highest BCUT2D eigenvalue weighted by atomic mass is 19.4. The first-order valence-corrected chi connectivity index (χ1v) is 12.4. The van der Waals surface area contributed by atoms with Gasteiger partial charge in [0.2, 0.25) is 5.91 Å². The Morgan fingerprint density at radius 1 is 0.923 bits per heavy atom. The van der Waals surface area contributed by atoms with Crippen LogP contribution in [-0.2, 0) is 15.7 Å². The number of carbonyl (C=O) groups excluding carboxylic acids is 3. The molecule has 204 valence electrons. The van der Waals surface area contributed by atoms with Gasteiger partial charge in [-0.25, -0.2) is 4.79 Å². The molecule has 1 fully saturated rings. The number of carbonyl (C=O) groups is 3. The zero-order chi connectivity index (χ0) is 28.4. The normalized spacial score (nSPS) is 13.5. The van der Waals surface area contributed by atoms with E-state index in [2.05, 4.69) is 15.6 Å². The minimum atomic E-state index is -4.69. The highest BCUT2D eigenvalue weighted by molar-refractivity contribution is 6.12. The number of Topliss-reactive ketones (excluding diaryl/α,β-unsaturated/α-hetero) is 1. The first-order valence-electron chi connectivity index (χ1n) is 12.4. The molecule has 0 spiro atoms. The second kappa shape index (κ2) is 10.9. The summed E-state index contributed by atoms with van der Waals surface area (Å²) in [5, 5.41) is 4.66. The summed E-state index contributed by atoms with van der Waals surface area (Å²) in [6.45, 7) is 4.88. The Labute approximate surface area is 223 Å². The van der Waals surface area contributed by atoms with E-state index in [0.717, 1.165) is 41.8 Å².